The maximum absolute atomic E-state index is 12.2. The molecular formula is C17H21NO3. The first-order valence-corrected chi connectivity index (χ1v) is 7.68. The minimum Gasteiger partial charge on any atom is -0.445 e. The van der Waals surface area contributed by atoms with Crippen LogP contribution in [0.15, 0.2) is 30.3 Å². The molecule has 4 nitrogen and oxygen atoms in total. The quantitative estimate of drug-likeness (QED) is 0.858. The molecule has 1 aliphatic heterocycles. The standard InChI is InChI=1S/C17H21NO3/c1-2-13-8-14-9-18(10-15(14)16(13)19)17(20)21-11-12-6-4-3-5-7-12/h3-7,13-15H,2,8-11H2,1H3/t13?,14-,15+/m0/s1. The molecule has 1 heterocycles. The van der Waals surface area contributed by atoms with Crippen molar-refractivity contribution in [1.82, 2.24) is 4.90 Å². The molecular weight excluding hydrogens is 266 g/mol. The fourth-order valence-electron chi connectivity index (χ4n) is 3.54. The number of rotatable bonds is 3. The summed E-state index contributed by atoms with van der Waals surface area (Å²) >= 11 is 0. The molecule has 3 rings (SSSR count). The number of likely N-dealkylation sites (tertiary alicyclic amines) is 1. The summed E-state index contributed by atoms with van der Waals surface area (Å²) < 4.78 is 5.34. The van der Waals surface area contributed by atoms with Gasteiger partial charge in [-0.15, -0.1) is 0 Å². The van der Waals surface area contributed by atoms with Gasteiger partial charge in [-0.3, -0.25) is 4.79 Å². The van der Waals surface area contributed by atoms with E-state index in [2.05, 4.69) is 6.92 Å². The zero-order chi connectivity index (χ0) is 14.8. The van der Waals surface area contributed by atoms with Crippen molar-refractivity contribution in [3.63, 3.8) is 0 Å². The van der Waals surface area contributed by atoms with Crippen molar-refractivity contribution in [2.75, 3.05) is 13.1 Å². The van der Waals surface area contributed by atoms with Crippen LogP contribution in [0.5, 0.6) is 0 Å². The summed E-state index contributed by atoms with van der Waals surface area (Å²) in [4.78, 5) is 26.0. The molecule has 1 aliphatic carbocycles. The van der Waals surface area contributed by atoms with E-state index in [0.717, 1.165) is 18.4 Å². The number of ether oxygens (including phenoxy) is 1. The molecule has 1 unspecified atom stereocenters. The number of Topliss-reactive ketones (excluding diaryl/α,β-unsaturated/α-hetero) is 1. The molecule has 0 radical (unpaired) electrons. The first-order chi connectivity index (χ1) is 10.2. The lowest BCUT2D eigenvalue weighted by Crippen LogP contribution is -2.31. The molecule has 2 fully saturated rings. The van der Waals surface area contributed by atoms with E-state index in [9.17, 15) is 9.59 Å². The predicted molar refractivity (Wildman–Crippen MR) is 78.6 cm³/mol. The number of carbonyl (C=O) groups excluding carboxylic acids is 2. The lowest BCUT2D eigenvalue weighted by Gasteiger charge is -2.18. The average molecular weight is 287 g/mol. The second-order valence-corrected chi connectivity index (χ2v) is 6.05. The smallest absolute Gasteiger partial charge is 0.410 e. The Morgan fingerprint density at radius 1 is 1.29 bits per heavy atom. The molecule has 1 amide bonds. The Morgan fingerprint density at radius 3 is 2.71 bits per heavy atom. The number of nitrogens with zero attached hydrogens (tertiary/aromatic N) is 1. The van der Waals surface area contributed by atoms with Gasteiger partial charge in [-0.25, -0.2) is 4.79 Å². The highest BCUT2D eigenvalue weighted by molar-refractivity contribution is 5.87. The Kier molecular flexibility index (Phi) is 3.95. The lowest BCUT2D eigenvalue weighted by atomic mass is 10.00. The summed E-state index contributed by atoms with van der Waals surface area (Å²) in [6.45, 7) is 3.56. The number of amides is 1. The molecule has 2 aliphatic rings. The van der Waals surface area contributed by atoms with E-state index in [1.807, 2.05) is 30.3 Å². The van der Waals surface area contributed by atoms with Crippen LogP contribution in [0.3, 0.4) is 0 Å². The number of carbonyl (C=O) groups is 2. The van der Waals surface area contributed by atoms with Crippen molar-refractivity contribution in [1.29, 1.82) is 0 Å². The first-order valence-electron chi connectivity index (χ1n) is 7.68. The minimum absolute atomic E-state index is 0.0409. The monoisotopic (exact) mass is 287 g/mol. The average Bonchev–Trinajstić information content (AvgIpc) is 3.05. The molecule has 0 N–H and O–H groups in total. The molecule has 4 heteroatoms. The predicted octanol–water partition coefficient (Wildman–Crippen LogP) is 2.87. The van der Waals surface area contributed by atoms with E-state index in [4.69, 9.17) is 4.74 Å². The Hall–Kier alpha value is -1.84. The molecule has 1 aromatic rings. The van der Waals surface area contributed by atoms with Crippen LogP contribution < -0.4 is 0 Å². The molecule has 112 valence electrons. The molecule has 3 atom stereocenters. The molecule has 21 heavy (non-hydrogen) atoms. The summed E-state index contributed by atoms with van der Waals surface area (Å²) in [7, 11) is 0. The topological polar surface area (TPSA) is 46.6 Å². The van der Waals surface area contributed by atoms with Gasteiger partial charge in [0.25, 0.3) is 0 Å². The van der Waals surface area contributed by atoms with Gasteiger partial charge in [-0.05, 0) is 24.3 Å². The van der Waals surface area contributed by atoms with E-state index in [1.54, 1.807) is 4.90 Å². The summed E-state index contributed by atoms with van der Waals surface area (Å²) in [5, 5.41) is 0. The Balaban J connectivity index is 1.53. The van der Waals surface area contributed by atoms with Crippen LogP contribution in [0.4, 0.5) is 4.79 Å². The third kappa shape index (κ3) is 2.80. The summed E-state index contributed by atoms with van der Waals surface area (Å²) in [5.74, 6) is 0.939. The molecule has 0 spiro atoms. The van der Waals surface area contributed by atoms with Crippen LogP contribution in [-0.4, -0.2) is 29.9 Å². The molecule has 1 saturated carbocycles. The van der Waals surface area contributed by atoms with Gasteiger partial charge < -0.3 is 9.64 Å². The van der Waals surface area contributed by atoms with Crippen LogP contribution in [0.25, 0.3) is 0 Å². The van der Waals surface area contributed by atoms with E-state index in [1.165, 1.54) is 0 Å². The third-order valence-electron chi connectivity index (χ3n) is 4.75. The van der Waals surface area contributed by atoms with Gasteiger partial charge in [0.05, 0.1) is 0 Å². The Labute approximate surface area is 125 Å². The third-order valence-corrected chi connectivity index (χ3v) is 4.75. The van der Waals surface area contributed by atoms with Crippen molar-refractivity contribution in [2.45, 2.75) is 26.4 Å². The van der Waals surface area contributed by atoms with Gasteiger partial charge in [-0.1, -0.05) is 37.3 Å². The summed E-state index contributed by atoms with van der Waals surface area (Å²) in [5.41, 5.74) is 0.979. The van der Waals surface area contributed by atoms with Crippen molar-refractivity contribution in [3.8, 4) is 0 Å². The zero-order valence-electron chi connectivity index (χ0n) is 12.3. The molecule has 1 saturated heterocycles. The van der Waals surface area contributed by atoms with Gasteiger partial charge in [0.2, 0.25) is 0 Å². The SMILES string of the molecule is CCC1C[C@H]2CN(C(=O)OCc3ccccc3)C[C@H]2C1=O. The van der Waals surface area contributed by atoms with E-state index >= 15 is 0 Å². The number of ketones is 1. The van der Waals surface area contributed by atoms with Crippen molar-refractivity contribution in [3.05, 3.63) is 35.9 Å². The maximum Gasteiger partial charge on any atom is 0.410 e. The largest absolute Gasteiger partial charge is 0.445 e. The second-order valence-electron chi connectivity index (χ2n) is 6.05. The number of benzene rings is 1. The van der Waals surface area contributed by atoms with Crippen molar-refractivity contribution >= 4 is 11.9 Å². The molecule has 1 aromatic carbocycles. The van der Waals surface area contributed by atoms with E-state index in [0.29, 0.717) is 24.8 Å². The number of hydrogen-bond acceptors (Lipinski definition) is 3. The van der Waals surface area contributed by atoms with Crippen LogP contribution >= 0.6 is 0 Å². The normalized spacial score (nSPS) is 27.8. The van der Waals surface area contributed by atoms with E-state index < -0.39 is 0 Å². The molecule has 0 bridgehead atoms. The number of hydrogen-bond donors (Lipinski definition) is 0. The minimum atomic E-state index is -0.297. The van der Waals surface area contributed by atoms with Crippen LogP contribution in [0, 0.1) is 17.8 Å². The second kappa shape index (κ2) is 5.88. The van der Waals surface area contributed by atoms with Gasteiger partial charge in [0.15, 0.2) is 0 Å². The highest BCUT2D eigenvalue weighted by Crippen LogP contribution is 2.40. The zero-order valence-corrected chi connectivity index (χ0v) is 12.3. The van der Waals surface area contributed by atoms with Gasteiger partial charge in [0.1, 0.15) is 12.4 Å². The highest BCUT2D eigenvalue weighted by Gasteiger charge is 2.47. The van der Waals surface area contributed by atoms with E-state index in [-0.39, 0.29) is 24.5 Å². The summed E-state index contributed by atoms with van der Waals surface area (Å²) in [6.07, 6.45) is 1.56. The summed E-state index contributed by atoms with van der Waals surface area (Å²) in [6, 6.07) is 9.64. The highest BCUT2D eigenvalue weighted by atomic mass is 16.6. The van der Waals surface area contributed by atoms with Gasteiger partial charge in [-0.2, -0.15) is 0 Å². The molecule has 0 aromatic heterocycles. The Bertz CT molecular complexity index is 528. The van der Waals surface area contributed by atoms with Gasteiger partial charge in [0, 0.05) is 24.9 Å². The van der Waals surface area contributed by atoms with Gasteiger partial charge >= 0.3 is 6.09 Å². The Morgan fingerprint density at radius 2 is 2.05 bits per heavy atom. The van der Waals surface area contributed by atoms with Crippen LogP contribution in [0.1, 0.15) is 25.3 Å². The fourth-order valence-corrected chi connectivity index (χ4v) is 3.54. The fraction of sp³-hybridized carbons (Fsp3) is 0.529. The van der Waals surface area contributed by atoms with Crippen molar-refractivity contribution in [2.24, 2.45) is 17.8 Å². The first kappa shape index (κ1) is 14.1. The number of fused-ring (bicyclic) bond motifs is 1. The van der Waals surface area contributed by atoms with Crippen molar-refractivity contribution < 1.29 is 14.3 Å². The van der Waals surface area contributed by atoms with Crippen LogP contribution in [0.2, 0.25) is 0 Å². The van der Waals surface area contributed by atoms with Crippen LogP contribution in [-0.2, 0) is 16.1 Å². The lowest BCUT2D eigenvalue weighted by molar-refractivity contribution is -0.124. The maximum atomic E-state index is 12.2.